The molecule has 0 radical (unpaired) electrons. The molecule has 0 amide bonds. The number of nitrogens with two attached hydrogens (primary N) is 1. The van der Waals surface area contributed by atoms with E-state index in [0.717, 1.165) is 22.9 Å². The van der Waals surface area contributed by atoms with E-state index in [9.17, 15) is 0 Å². The van der Waals surface area contributed by atoms with Crippen LogP contribution in [0.4, 0.5) is 17.2 Å². The van der Waals surface area contributed by atoms with Crippen molar-refractivity contribution in [2.75, 3.05) is 11.1 Å². The number of aromatic nitrogens is 2. The molecule has 21 heavy (non-hydrogen) atoms. The molecule has 0 atom stereocenters. The predicted molar refractivity (Wildman–Crippen MR) is 87.2 cm³/mol. The first-order valence-electron chi connectivity index (χ1n) is 7.24. The van der Waals surface area contributed by atoms with Crippen molar-refractivity contribution in [3.63, 3.8) is 0 Å². The van der Waals surface area contributed by atoms with Gasteiger partial charge in [-0.3, -0.25) is 4.68 Å². The Morgan fingerprint density at radius 2 is 1.76 bits per heavy atom. The van der Waals surface area contributed by atoms with Crippen molar-refractivity contribution in [3.05, 3.63) is 30.0 Å². The number of hydrogen-bond acceptors (Lipinski definition) is 4. The van der Waals surface area contributed by atoms with E-state index >= 15 is 0 Å². The number of aryl methyl sites for hydroxylation is 1. The average molecular weight is 288 g/mol. The standard InChI is InChI=1S/C16H24N4O/c1-10(2)15-14(17)16(20(5)19-15)18-12-6-8-13(9-7-12)21-11(3)4/h6-11,18H,17H2,1-5H3. The van der Waals surface area contributed by atoms with Crippen LogP contribution in [0, 0.1) is 0 Å². The van der Waals surface area contributed by atoms with E-state index in [2.05, 4.69) is 24.3 Å². The molecule has 3 N–H and O–H groups in total. The number of nitrogens with one attached hydrogen (secondary N) is 1. The zero-order valence-electron chi connectivity index (χ0n) is 13.3. The Balaban J connectivity index is 2.18. The molecule has 0 aliphatic heterocycles. The maximum absolute atomic E-state index is 6.18. The minimum absolute atomic E-state index is 0.171. The molecule has 0 aliphatic rings. The number of rotatable bonds is 5. The smallest absolute Gasteiger partial charge is 0.152 e. The van der Waals surface area contributed by atoms with E-state index < -0.39 is 0 Å². The summed E-state index contributed by atoms with van der Waals surface area (Å²) in [4.78, 5) is 0. The van der Waals surface area contributed by atoms with Crippen LogP contribution in [0.15, 0.2) is 24.3 Å². The molecule has 0 fully saturated rings. The van der Waals surface area contributed by atoms with E-state index in [0.29, 0.717) is 11.6 Å². The molecule has 1 aromatic heterocycles. The second-order valence-electron chi connectivity index (χ2n) is 5.74. The summed E-state index contributed by atoms with van der Waals surface area (Å²) in [6.45, 7) is 8.19. The van der Waals surface area contributed by atoms with Crippen LogP contribution in [0.25, 0.3) is 0 Å². The quantitative estimate of drug-likeness (QED) is 0.881. The Morgan fingerprint density at radius 3 is 2.24 bits per heavy atom. The van der Waals surface area contributed by atoms with Crippen LogP contribution < -0.4 is 15.8 Å². The highest BCUT2D eigenvalue weighted by molar-refractivity contribution is 5.71. The summed E-state index contributed by atoms with van der Waals surface area (Å²) >= 11 is 0. The molecular formula is C16H24N4O. The first-order chi connectivity index (χ1) is 9.88. The molecule has 0 saturated carbocycles. The van der Waals surface area contributed by atoms with Crippen molar-refractivity contribution in [3.8, 4) is 5.75 Å². The van der Waals surface area contributed by atoms with Gasteiger partial charge in [-0.25, -0.2) is 0 Å². The van der Waals surface area contributed by atoms with Gasteiger partial charge in [-0.05, 0) is 44.0 Å². The van der Waals surface area contributed by atoms with Crippen LogP contribution in [-0.2, 0) is 7.05 Å². The lowest BCUT2D eigenvalue weighted by molar-refractivity contribution is 0.242. The minimum atomic E-state index is 0.171. The number of nitrogen functional groups attached to an aromatic ring is 1. The first kappa shape index (κ1) is 15.2. The summed E-state index contributed by atoms with van der Waals surface area (Å²) in [5, 5.41) is 7.78. The second kappa shape index (κ2) is 6.08. The van der Waals surface area contributed by atoms with Gasteiger partial charge in [0.05, 0.1) is 17.5 Å². The van der Waals surface area contributed by atoms with E-state index in [1.165, 1.54) is 0 Å². The molecule has 2 rings (SSSR count). The van der Waals surface area contributed by atoms with Gasteiger partial charge in [-0.1, -0.05) is 13.8 Å². The van der Waals surface area contributed by atoms with Crippen LogP contribution in [0.5, 0.6) is 5.75 Å². The van der Waals surface area contributed by atoms with Gasteiger partial charge in [-0.2, -0.15) is 5.10 Å². The van der Waals surface area contributed by atoms with Crippen LogP contribution in [0.2, 0.25) is 0 Å². The Morgan fingerprint density at radius 1 is 1.14 bits per heavy atom. The summed E-state index contributed by atoms with van der Waals surface area (Å²) in [6, 6.07) is 7.83. The summed E-state index contributed by atoms with van der Waals surface area (Å²) < 4.78 is 7.41. The highest BCUT2D eigenvalue weighted by Crippen LogP contribution is 2.30. The predicted octanol–water partition coefficient (Wildman–Crippen LogP) is 3.66. The monoisotopic (exact) mass is 288 g/mol. The lowest BCUT2D eigenvalue weighted by Crippen LogP contribution is -2.05. The van der Waals surface area contributed by atoms with Gasteiger partial charge in [0.15, 0.2) is 5.82 Å². The van der Waals surface area contributed by atoms with Crippen molar-refractivity contribution in [1.29, 1.82) is 0 Å². The van der Waals surface area contributed by atoms with E-state index in [1.807, 2.05) is 45.2 Å². The molecule has 0 aliphatic carbocycles. The Kier molecular flexibility index (Phi) is 4.40. The fraction of sp³-hybridized carbons (Fsp3) is 0.438. The molecule has 0 bridgehead atoms. The van der Waals surface area contributed by atoms with E-state index in [4.69, 9.17) is 10.5 Å². The number of hydrogen-bond donors (Lipinski definition) is 2. The van der Waals surface area contributed by atoms with Crippen LogP contribution >= 0.6 is 0 Å². The minimum Gasteiger partial charge on any atom is -0.491 e. The van der Waals surface area contributed by atoms with Gasteiger partial charge in [0.2, 0.25) is 0 Å². The second-order valence-corrected chi connectivity index (χ2v) is 5.74. The third kappa shape index (κ3) is 3.48. The van der Waals surface area contributed by atoms with Gasteiger partial charge in [0, 0.05) is 12.7 Å². The van der Waals surface area contributed by atoms with E-state index in [-0.39, 0.29) is 6.10 Å². The fourth-order valence-corrected chi connectivity index (χ4v) is 2.16. The molecule has 0 spiro atoms. The van der Waals surface area contributed by atoms with Gasteiger partial charge in [0.25, 0.3) is 0 Å². The number of anilines is 3. The molecule has 2 aromatic rings. The van der Waals surface area contributed by atoms with Crippen molar-refractivity contribution >= 4 is 17.2 Å². The molecule has 114 valence electrons. The fourth-order valence-electron chi connectivity index (χ4n) is 2.16. The lowest BCUT2D eigenvalue weighted by atomic mass is 10.1. The maximum Gasteiger partial charge on any atom is 0.152 e. The van der Waals surface area contributed by atoms with Crippen molar-refractivity contribution in [2.24, 2.45) is 7.05 Å². The first-order valence-corrected chi connectivity index (χ1v) is 7.24. The van der Waals surface area contributed by atoms with Gasteiger partial charge in [-0.15, -0.1) is 0 Å². The highest BCUT2D eigenvalue weighted by atomic mass is 16.5. The highest BCUT2D eigenvalue weighted by Gasteiger charge is 2.15. The lowest BCUT2D eigenvalue weighted by Gasteiger charge is -2.11. The summed E-state index contributed by atoms with van der Waals surface area (Å²) in [7, 11) is 1.89. The van der Waals surface area contributed by atoms with Gasteiger partial charge < -0.3 is 15.8 Å². The Bertz CT molecular complexity index is 599. The average Bonchev–Trinajstić information content (AvgIpc) is 2.68. The Hall–Kier alpha value is -2.17. The third-order valence-electron chi connectivity index (χ3n) is 3.15. The molecular weight excluding hydrogens is 264 g/mol. The molecule has 1 aromatic carbocycles. The zero-order valence-corrected chi connectivity index (χ0v) is 13.3. The SMILES string of the molecule is CC(C)Oc1ccc(Nc2c(N)c(C(C)C)nn2C)cc1. The molecule has 5 heteroatoms. The number of benzene rings is 1. The topological polar surface area (TPSA) is 65.1 Å². The number of ether oxygens (including phenoxy) is 1. The van der Waals surface area contributed by atoms with Crippen molar-refractivity contribution in [1.82, 2.24) is 9.78 Å². The van der Waals surface area contributed by atoms with Crippen molar-refractivity contribution in [2.45, 2.75) is 39.7 Å². The van der Waals surface area contributed by atoms with Crippen molar-refractivity contribution < 1.29 is 4.74 Å². The van der Waals surface area contributed by atoms with Crippen LogP contribution in [0.3, 0.4) is 0 Å². The molecule has 0 saturated heterocycles. The maximum atomic E-state index is 6.18. The normalized spacial score (nSPS) is 11.2. The summed E-state index contributed by atoms with van der Waals surface area (Å²) in [5.74, 6) is 1.97. The molecule has 5 nitrogen and oxygen atoms in total. The number of nitrogens with zero attached hydrogens (tertiary/aromatic N) is 2. The summed E-state index contributed by atoms with van der Waals surface area (Å²) in [6.07, 6.45) is 0.171. The third-order valence-corrected chi connectivity index (χ3v) is 3.15. The molecule has 1 heterocycles. The van der Waals surface area contributed by atoms with Crippen LogP contribution in [0.1, 0.15) is 39.3 Å². The van der Waals surface area contributed by atoms with Crippen LogP contribution in [-0.4, -0.2) is 15.9 Å². The van der Waals surface area contributed by atoms with E-state index in [1.54, 1.807) is 4.68 Å². The zero-order chi connectivity index (χ0) is 15.6. The molecule has 0 unspecified atom stereocenters. The Labute approximate surface area is 126 Å². The summed E-state index contributed by atoms with van der Waals surface area (Å²) in [5.41, 5.74) is 8.75. The van der Waals surface area contributed by atoms with Gasteiger partial charge in [0.1, 0.15) is 5.75 Å². The largest absolute Gasteiger partial charge is 0.491 e. The van der Waals surface area contributed by atoms with Gasteiger partial charge >= 0.3 is 0 Å².